The summed E-state index contributed by atoms with van der Waals surface area (Å²) in [7, 11) is 0. The Kier molecular flexibility index (Phi) is 6.11. The van der Waals surface area contributed by atoms with Crippen molar-refractivity contribution in [3.8, 4) is 5.75 Å². The van der Waals surface area contributed by atoms with E-state index >= 15 is 0 Å². The van der Waals surface area contributed by atoms with Gasteiger partial charge in [-0.2, -0.15) is 0 Å². The number of Topliss-reactive ketones (excluding diaryl/α,β-unsaturated/α-hetero) is 1. The van der Waals surface area contributed by atoms with Gasteiger partial charge in [-0.15, -0.1) is 0 Å². The zero-order valence-corrected chi connectivity index (χ0v) is 19.1. The number of amides is 1. The van der Waals surface area contributed by atoms with Gasteiger partial charge in [-0.05, 0) is 62.8 Å². The highest BCUT2D eigenvalue weighted by Gasteiger charge is 2.47. The quantitative estimate of drug-likeness (QED) is 0.403. The number of nitrogens with zero attached hydrogens (tertiary/aromatic N) is 2. The molecule has 2 aliphatic heterocycles. The first-order valence-corrected chi connectivity index (χ1v) is 11.2. The third-order valence-corrected chi connectivity index (χ3v) is 6.29. The molecular formula is C25H30N2O5. The van der Waals surface area contributed by atoms with Crippen LogP contribution in [0.5, 0.6) is 5.75 Å². The number of fused-ring (bicyclic) bond motifs is 1. The van der Waals surface area contributed by atoms with Crippen LogP contribution in [0.4, 0.5) is 0 Å². The van der Waals surface area contributed by atoms with Gasteiger partial charge >= 0.3 is 0 Å². The number of hydrogen-bond donors (Lipinski definition) is 1. The summed E-state index contributed by atoms with van der Waals surface area (Å²) in [4.78, 5) is 29.8. The molecule has 7 nitrogen and oxygen atoms in total. The van der Waals surface area contributed by atoms with Crippen molar-refractivity contribution < 1.29 is 23.8 Å². The van der Waals surface area contributed by atoms with E-state index < -0.39 is 17.7 Å². The highest BCUT2D eigenvalue weighted by molar-refractivity contribution is 6.46. The van der Waals surface area contributed by atoms with Crippen molar-refractivity contribution in [3.05, 3.63) is 58.6 Å². The van der Waals surface area contributed by atoms with E-state index in [2.05, 4.69) is 18.7 Å². The Labute approximate surface area is 188 Å². The van der Waals surface area contributed by atoms with Crippen molar-refractivity contribution in [1.82, 2.24) is 9.80 Å². The maximum atomic E-state index is 13.1. The van der Waals surface area contributed by atoms with Crippen LogP contribution in [-0.4, -0.2) is 58.9 Å². The van der Waals surface area contributed by atoms with Crippen LogP contribution in [0.25, 0.3) is 5.76 Å². The number of hydrogen-bond acceptors (Lipinski definition) is 6. The Morgan fingerprint density at radius 3 is 2.59 bits per heavy atom. The smallest absolute Gasteiger partial charge is 0.295 e. The second-order valence-electron chi connectivity index (χ2n) is 8.42. The van der Waals surface area contributed by atoms with Crippen molar-refractivity contribution >= 4 is 17.4 Å². The first kappa shape index (κ1) is 22.1. The van der Waals surface area contributed by atoms with Gasteiger partial charge in [0.15, 0.2) is 0 Å². The molecule has 170 valence electrons. The number of ketones is 1. The topological polar surface area (TPSA) is 83.2 Å². The minimum absolute atomic E-state index is 0.0656. The number of rotatable bonds is 7. The first-order valence-electron chi connectivity index (χ1n) is 11.2. The fraction of sp³-hybridized carbons (Fsp3) is 0.440. The van der Waals surface area contributed by atoms with Crippen LogP contribution in [0, 0.1) is 6.92 Å². The largest absolute Gasteiger partial charge is 0.507 e. The van der Waals surface area contributed by atoms with Gasteiger partial charge in [0.1, 0.15) is 35.2 Å². The summed E-state index contributed by atoms with van der Waals surface area (Å²) in [6.45, 7) is 10.6. The minimum atomic E-state index is -0.761. The molecule has 3 heterocycles. The van der Waals surface area contributed by atoms with E-state index in [0.29, 0.717) is 30.2 Å². The number of likely N-dealkylation sites (tertiary alicyclic amines) is 1. The van der Waals surface area contributed by atoms with Crippen LogP contribution in [-0.2, 0) is 16.0 Å². The summed E-state index contributed by atoms with van der Waals surface area (Å²) in [6, 6.07) is 8.16. The average molecular weight is 439 g/mol. The molecule has 1 amide bonds. The van der Waals surface area contributed by atoms with Crippen molar-refractivity contribution in [3.63, 3.8) is 0 Å². The van der Waals surface area contributed by atoms with E-state index in [1.165, 1.54) is 4.90 Å². The monoisotopic (exact) mass is 438 g/mol. The average Bonchev–Trinajstić information content (AvgIpc) is 3.44. The Bertz CT molecular complexity index is 1070. The van der Waals surface area contributed by atoms with Crippen LogP contribution in [0.2, 0.25) is 0 Å². The summed E-state index contributed by atoms with van der Waals surface area (Å²) in [5, 5.41) is 11.2. The number of carbonyl (C=O) groups is 2. The van der Waals surface area contributed by atoms with Gasteiger partial charge in [-0.25, -0.2) is 0 Å². The van der Waals surface area contributed by atoms with Crippen molar-refractivity contribution in [2.45, 2.75) is 46.3 Å². The second-order valence-corrected chi connectivity index (χ2v) is 8.42. The highest BCUT2D eigenvalue weighted by atomic mass is 16.5. The summed E-state index contributed by atoms with van der Waals surface area (Å²) in [5.74, 6) is 0.447. The van der Waals surface area contributed by atoms with Gasteiger partial charge in [0, 0.05) is 25.1 Å². The number of carbonyl (C=O) groups excluding carboxylic acids is 2. The van der Waals surface area contributed by atoms with E-state index in [4.69, 9.17) is 9.15 Å². The molecule has 0 aliphatic carbocycles. The van der Waals surface area contributed by atoms with Gasteiger partial charge in [0.2, 0.25) is 0 Å². The maximum absolute atomic E-state index is 13.1. The number of likely N-dealkylation sites (N-methyl/N-ethyl adjacent to an activating group) is 1. The third kappa shape index (κ3) is 3.93. The van der Waals surface area contributed by atoms with Crippen molar-refractivity contribution in [2.75, 3.05) is 26.2 Å². The molecule has 0 radical (unpaired) electrons. The fourth-order valence-corrected chi connectivity index (χ4v) is 4.52. The molecule has 1 N–H and O–H groups in total. The Morgan fingerprint density at radius 1 is 1.19 bits per heavy atom. The minimum Gasteiger partial charge on any atom is -0.507 e. The predicted octanol–water partition coefficient (Wildman–Crippen LogP) is 3.67. The third-order valence-electron chi connectivity index (χ3n) is 6.29. The number of aliphatic hydroxyl groups excluding tert-OH is 1. The zero-order chi connectivity index (χ0) is 23.0. The van der Waals surface area contributed by atoms with Crippen LogP contribution in [0.15, 0.2) is 40.3 Å². The molecule has 7 heteroatoms. The first-order chi connectivity index (χ1) is 15.3. The maximum Gasteiger partial charge on any atom is 0.295 e. The van der Waals surface area contributed by atoms with Crippen LogP contribution < -0.4 is 4.74 Å². The zero-order valence-electron chi connectivity index (χ0n) is 19.1. The molecule has 2 aliphatic rings. The Morgan fingerprint density at radius 2 is 1.94 bits per heavy atom. The molecule has 2 aromatic rings. The van der Waals surface area contributed by atoms with E-state index in [9.17, 15) is 14.7 Å². The van der Waals surface area contributed by atoms with Gasteiger partial charge in [0.25, 0.3) is 11.7 Å². The second kappa shape index (κ2) is 8.82. The number of aliphatic hydroxyl groups is 1. The molecule has 32 heavy (non-hydrogen) atoms. The number of aryl methyl sites for hydroxylation is 1. The standard InChI is InChI=1S/C25H30N2O5/c1-5-26(6-2)11-12-27-22(20-9-7-15(3)31-20)21(24(29)25(27)30)23(28)17-8-10-19-18(14-17)13-16(4)32-19/h7-10,14,16,22,28H,5-6,11-13H2,1-4H3/b23-21+/t16-,22-/m0/s1. The molecule has 1 aromatic carbocycles. The summed E-state index contributed by atoms with van der Waals surface area (Å²) < 4.78 is 11.6. The van der Waals surface area contributed by atoms with Crippen LogP contribution >= 0.6 is 0 Å². The van der Waals surface area contributed by atoms with Gasteiger partial charge in [0.05, 0.1) is 5.57 Å². The molecule has 1 saturated heterocycles. The molecule has 0 spiro atoms. The van der Waals surface area contributed by atoms with Crippen molar-refractivity contribution in [1.29, 1.82) is 0 Å². The summed E-state index contributed by atoms with van der Waals surface area (Å²) >= 11 is 0. The molecule has 1 aromatic heterocycles. The summed E-state index contributed by atoms with van der Waals surface area (Å²) in [5.41, 5.74) is 1.54. The molecule has 2 atom stereocenters. The lowest BCUT2D eigenvalue weighted by Gasteiger charge is -2.26. The van der Waals surface area contributed by atoms with E-state index in [-0.39, 0.29) is 17.4 Å². The normalized spacial score (nSPS) is 22.0. The summed E-state index contributed by atoms with van der Waals surface area (Å²) in [6.07, 6.45) is 0.800. The lowest BCUT2D eigenvalue weighted by molar-refractivity contribution is -0.140. The van der Waals surface area contributed by atoms with Gasteiger partial charge in [-0.3, -0.25) is 9.59 Å². The van der Waals surface area contributed by atoms with Gasteiger partial charge in [-0.1, -0.05) is 13.8 Å². The number of benzene rings is 1. The van der Waals surface area contributed by atoms with Crippen molar-refractivity contribution in [2.24, 2.45) is 0 Å². The fourth-order valence-electron chi connectivity index (χ4n) is 4.52. The molecule has 0 bridgehead atoms. The number of furan rings is 1. The Balaban J connectivity index is 1.76. The predicted molar refractivity (Wildman–Crippen MR) is 120 cm³/mol. The molecule has 0 saturated carbocycles. The molecular weight excluding hydrogens is 408 g/mol. The van der Waals surface area contributed by atoms with Gasteiger partial charge < -0.3 is 24.1 Å². The Hall–Kier alpha value is -3.06. The van der Waals surface area contributed by atoms with Crippen LogP contribution in [0.3, 0.4) is 0 Å². The van der Waals surface area contributed by atoms with E-state index in [1.807, 2.05) is 19.9 Å². The number of ether oxygens (including phenoxy) is 1. The lowest BCUT2D eigenvalue weighted by atomic mass is 9.97. The SMILES string of the molecule is CCN(CC)CCN1C(=O)C(=O)/C(=C(/O)c2ccc3c(c2)C[C@H](C)O3)[C@@H]1c1ccc(C)o1. The van der Waals surface area contributed by atoms with E-state index in [0.717, 1.165) is 30.8 Å². The molecule has 1 fully saturated rings. The lowest BCUT2D eigenvalue weighted by Crippen LogP contribution is -2.37. The molecule has 4 rings (SSSR count). The van der Waals surface area contributed by atoms with Crippen LogP contribution in [0.1, 0.15) is 49.5 Å². The molecule has 0 unspecified atom stereocenters. The highest BCUT2D eigenvalue weighted by Crippen LogP contribution is 2.41. The van der Waals surface area contributed by atoms with E-state index in [1.54, 1.807) is 24.3 Å².